The van der Waals surface area contributed by atoms with Crippen molar-refractivity contribution in [2.75, 3.05) is 26.8 Å². The first-order valence-corrected chi connectivity index (χ1v) is 10.0. The first-order valence-electron chi connectivity index (χ1n) is 9.22. The van der Waals surface area contributed by atoms with Crippen LogP contribution in [0.3, 0.4) is 0 Å². The fourth-order valence-electron chi connectivity index (χ4n) is 2.72. The lowest BCUT2D eigenvalue weighted by molar-refractivity contribution is -0.119. The van der Waals surface area contributed by atoms with Gasteiger partial charge >= 0.3 is 0 Å². The summed E-state index contributed by atoms with van der Waals surface area (Å²) in [5.74, 6) is 1.14. The van der Waals surface area contributed by atoms with Crippen LogP contribution in [0.15, 0.2) is 42.5 Å². The highest BCUT2D eigenvalue weighted by atomic mass is 35.5. The molecule has 2 aromatic rings. The van der Waals surface area contributed by atoms with Gasteiger partial charge in [-0.2, -0.15) is 0 Å². The lowest BCUT2D eigenvalue weighted by Crippen LogP contribution is -2.36. The van der Waals surface area contributed by atoms with Crippen molar-refractivity contribution in [3.05, 3.63) is 58.6 Å². The fraction of sp³-hybridized carbons (Fsp3) is 0.333. The molecule has 6 nitrogen and oxygen atoms in total. The maximum Gasteiger partial charge on any atom is 0.216 e. The molecular formula is C21H26ClN3O3S. The molecule has 2 rings (SSSR count). The van der Waals surface area contributed by atoms with Gasteiger partial charge in [-0.05, 0) is 54.0 Å². The number of ether oxygens (including phenoxy) is 2. The van der Waals surface area contributed by atoms with E-state index in [-0.39, 0.29) is 5.91 Å². The van der Waals surface area contributed by atoms with Gasteiger partial charge in [-0.25, -0.2) is 0 Å². The number of carbonyl (C=O) groups excluding carboxylic acids is 1. The normalized spacial score (nSPS) is 10.3. The highest BCUT2D eigenvalue weighted by Crippen LogP contribution is 2.28. The second kappa shape index (κ2) is 11.5. The van der Waals surface area contributed by atoms with Gasteiger partial charge in [0.05, 0.1) is 13.7 Å². The molecule has 3 N–H and O–H groups in total. The topological polar surface area (TPSA) is 76.8 Å². The fourth-order valence-corrected chi connectivity index (χ4v) is 3.00. The van der Waals surface area contributed by atoms with E-state index in [1.54, 1.807) is 7.11 Å². The summed E-state index contributed by atoms with van der Waals surface area (Å²) in [7, 11) is 1.59. The smallest absolute Gasteiger partial charge is 0.216 e. The van der Waals surface area contributed by atoms with Crippen molar-refractivity contribution in [2.24, 2.45) is 5.73 Å². The summed E-state index contributed by atoms with van der Waals surface area (Å²) in [6, 6.07) is 13.4. The number of nitrogens with one attached hydrogen (secondary N) is 1. The molecule has 0 aliphatic heterocycles. The zero-order valence-corrected chi connectivity index (χ0v) is 18.2. The van der Waals surface area contributed by atoms with E-state index in [1.165, 1.54) is 6.92 Å². The second-order valence-corrected chi connectivity index (χ2v) is 7.31. The van der Waals surface area contributed by atoms with E-state index in [9.17, 15) is 4.79 Å². The van der Waals surface area contributed by atoms with E-state index in [4.69, 9.17) is 39.0 Å². The maximum atomic E-state index is 10.9. The van der Waals surface area contributed by atoms with E-state index in [0.717, 1.165) is 17.5 Å². The molecule has 0 radical (unpaired) electrons. The lowest BCUT2D eigenvalue weighted by Gasteiger charge is -2.23. The maximum absolute atomic E-state index is 10.9. The molecule has 2 aromatic carbocycles. The predicted octanol–water partition coefficient (Wildman–Crippen LogP) is 3.15. The third-order valence-corrected chi connectivity index (χ3v) is 4.74. The summed E-state index contributed by atoms with van der Waals surface area (Å²) in [6.07, 6.45) is 0.802. The van der Waals surface area contributed by atoms with Crippen LogP contribution < -0.4 is 20.5 Å². The Morgan fingerprint density at radius 3 is 2.48 bits per heavy atom. The van der Waals surface area contributed by atoms with Crippen molar-refractivity contribution in [2.45, 2.75) is 19.9 Å². The van der Waals surface area contributed by atoms with Gasteiger partial charge in [0, 0.05) is 25.0 Å². The molecule has 0 unspecified atom stereocenters. The molecule has 0 aromatic heterocycles. The number of hydrogen-bond donors (Lipinski definition) is 2. The Labute approximate surface area is 181 Å². The average molecular weight is 436 g/mol. The van der Waals surface area contributed by atoms with Crippen molar-refractivity contribution in [3.8, 4) is 11.5 Å². The van der Waals surface area contributed by atoms with Crippen LogP contribution in [0, 0.1) is 0 Å². The highest BCUT2D eigenvalue weighted by molar-refractivity contribution is 7.80. The van der Waals surface area contributed by atoms with E-state index in [0.29, 0.717) is 47.9 Å². The number of carbonyl (C=O) groups is 1. The van der Waals surface area contributed by atoms with Crippen molar-refractivity contribution in [3.63, 3.8) is 0 Å². The monoisotopic (exact) mass is 435 g/mol. The van der Waals surface area contributed by atoms with Gasteiger partial charge in [-0.3, -0.25) is 4.79 Å². The molecule has 0 atom stereocenters. The van der Waals surface area contributed by atoms with Gasteiger partial charge in [0.15, 0.2) is 16.6 Å². The number of methoxy groups -OCH3 is 1. The summed E-state index contributed by atoms with van der Waals surface area (Å²) in [5.41, 5.74) is 8.09. The van der Waals surface area contributed by atoms with Crippen molar-refractivity contribution in [1.82, 2.24) is 10.2 Å². The molecule has 8 heteroatoms. The summed E-state index contributed by atoms with van der Waals surface area (Å²) < 4.78 is 11.1. The molecule has 156 valence electrons. The third-order valence-electron chi connectivity index (χ3n) is 4.23. The Bertz CT molecular complexity index is 830. The average Bonchev–Trinajstić information content (AvgIpc) is 2.69. The Morgan fingerprint density at radius 2 is 1.86 bits per heavy atom. The zero-order valence-electron chi connectivity index (χ0n) is 16.6. The molecule has 29 heavy (non-hydrogen) atoms. The van der Waals surface area contributed by atoms with Crippen LogP contribution >= 0.6 is 23.8 Å². The summed E-state index contributed by atoms with van der Waals surface area (Å²) in [5, 5.41) is 3.74. The van der Waals surface area contributed by atoms with Crippen molar-refractivity contribution in [1.29, 1.82) is 0 Å². The second-order valence-electron chi connectivity index (χ2n) is 6.45. The quantitative estimate of drug-likeness (QED) is 0.441. The SMILES string of the molecule is COc1cc(CN(CCc2ccc(Cl)cc2)C(N)=S)ccc1OCCNC(C)=O. The molecule has 0 fully saturated rings. The molecular weight excluding hydrogens is 410 g/mol. The van der Waals surface area contributed by atoms with Crippen LogP contribution in [0.1, 0.15) is 18.1 Å². The van der Waals surface area contributed by atoms with Crippen LogP contribution in [-0.2, 0) is 17.8 Å². The number of benzene rings is 2. The molecule has 0 saturated carbocycles. The number of nitrogens with two attached hydrogens (primary N) is 1. The summed E-state index contributed by atoms with van der Waals surface area (Å²) in [4.78, 5) is 12.9. The molecule has 1 amide bonds. The minimum Gasteiger partial charge on any atom is -0.493 e. The summed E-state index contributed by atoms with van der Waals surface area (Å²) in [6.45, 7) is 3.51. The van der Waals surface area contributed by atoms with Crippen LogP contribution in [0.25, 0.3) is 0 Å². The van der Waals surface area contributed by atoms with Gasteiger partial charge < -0.3 is 25.4 Å². The van der Waals surface area contributed by atoms with E-state index >= 15 is 0 Å². The predicted molar refractivity (Wildman–Crippen MR) is 120 cm³/mol. The number of amides is 1. The van der Waals surface area contributed by atoms with E-state index in [2.05, 4.69) is 5.32 Å². The largest absolute Gasteiger partial charge is 0.493 e. The molecule has 0 spiro atoms. The molecule has 0 aliphatic carbocycles. The van der Waals surface area contributed by atoms with Gasteiger partial charge in [-0.1, -0.05) is 29.8 Å². The van der Waals surface area contributed by atoms with Crippen LogP contribution in [0.4, 0.5) is 0 Å². The zero-order chi connectivity index (χ0) is 21.2. The Hall–Kier alpha value is -2.51. The highest BCUT2D eigenvalue weighted by Gasteiger charge is 2.11. The number of hydrogen-bond acceptors (Lipinski definition) is 4. The number of halogens is 1. The first kappa shape index (κ1) is 22.8. The van der Waals surface area contributed by atoms with Crippen LogP contribution in [0.5, 0.6) is 11.5 Å². The molecule has 0 aliphatic rings. The van der Waals surface area contributed by atoms with Crippen LogP contribution in [-0.4, -0.2) is 42.7 Å². The Kier molecular flexibility index (Phi) is 9.02. The Balaban J connectivity index is 1.98. The molecule has 0 bridgehead atoms. The number of nitrogens with zero attached hydrogens (tertiary/aromatic N) is 1. The van der Waals surface area contributed by atoms with E-state index in [1.807, 2.05) is 47.4 Å². The lowest BCUT2D eigenvalue weighted by atomic mass is 10.1. The van der Waals surface area contributed by atoms with Gasteiger partial charge in [-0.15, -0.1) is 0 Å². The molecule has 0 heterocycles. The number of thiocarbonyl (C=S) groups is 1. The third kappa shape index (κ3) is 7.79. The van der Waals surface area contributed by atoms with Gasteiger partial charge in [0.2, 0.25) is 5.91 Å². The van der Waals surface area contributed by atoms with E-state index < -0.39 is 0 Å². The van der Waals surface area contributed by atoms with Gasteiger partial charge in [0.1, 0.15) is 6.61 Å². The Morgan fingerprint density at radius 1 is 1.17 bits per heavy atom. The summed E-state index contributed by atoms with van der Waals surface area (Å²) >= 11 is 11.2. The van der Waals surface area contributed by atoms with Crippen molar-refractivity contribution >= 4 is 34.8 Å². The van der Waals surface area contributed by atoms with Crippen molar-refractivity contribution < 1.29 is 14.3 Å². The number of rotatable bonds is 10. The van der Waals surface area contributed by atoms with Gasteiger partial charge in [0.25, 0.3) is 0 Å². The van der Waals surface area contributed by atoms with Crippen LogP contribution in [0.2, 0.25) is 5.02 Å². The first-order chi connectivity index (χ1) is 13.9. The standard InChI is InChI=1S/C21H26ClN3O3S/c1-15(26)24-10-12-28-19-8-5-17(13-20(19)27-2)14-25(21(23)29)11-9-16-3-6-18(22)7-4-16/h3-8,13H,9-12,14H2,1-2H3,(H2,23,29)(H,24,26). The molecule has 0 saturated heterocycles. The minimum absolute atomic E-state index is 0.0904. The minimum atomic E-state index is -0.0904.